The Morgan fingerprint density at radius 3 is 2.74 bits per heavy atom. The molecule has 2 atom stereocenters. The predicted octanol–water partition coefficient (Wildman–Crippen LogP) is 2.43. The number of nitrogens with one attached hydrogen (secondary N) is 1. The Bertz CT molecular complexity index is 380. The molecular formula is C16H32N2O4S. The summed E-state index contributed by atoms with van der Waals surface area (Å²) >= 11 is 0. The van der Waals surface area contributed by atoms with Crippen molar-refractivity contribution in [3.8, 4) is 0 Å². The molecular weight excluding hydrogens is 316 g/mol. The molecule has 136 valence electrons. The van der Waals surface area contributed by atoms with Crippen molar-refractivity contribution in [2.75, 3.05) is 38.9 Å². The summed E-state index contributed by atoms with van der Waals surface area (Å²) in [6.07, 6.45) is 5.39. The molecule has 0 saturated heterocycles. The molecule has 0 radical (unpaired) electrons. The number of aromatic nitrogens is 1. The molecule has 1 aromatic rings. The van der Waals surface area contributed by atoms with E-state index >= 15 is 0 Å². The number of rotatable bonds is 11. The minimum absolute atomic E-state index is 0.282. The van der Waals surface area contributed by atoms with Gasteiger partial charge in [-0.15, -0.1) is 0 Å². The Hall–Kier alpha value is -0.700. The third-order valence-electron chi connectivity index (χ3n) is 2.91. The van der Waals surface area contributed by atoms with E-state index in [1.165, 1.54) is 7.11 Å². The molecule has 23 heavy (non-hydrogen) atoms. The molecule has 7 heteroatoms. The van der Waals surface area contributed by atoms with Crippen molar-refractivity contribution < 1.29 is 18.6 Å². The van der Waals surface area contributed by atoms with Gasteiger partial charge in [0.2, 0.25) is 0 Å². The summed E-state index contributed by atoms with van der Waals surface area (Å²) in [6.45, 7) is 5.93. The number of pyridine rings is 1. The summed E-state index contributed by atoms with van der Waals surface area (Å²) in [5.74, 6) is 0.582. The van der Waals surface area contributed by atoms with Crippen molar-refractivity contribution in [1.29, 1.82) is 0 Å². The largest absolute Gasteiger partial charge is 0.389 e. The van der Waals surface area contributed by atoms with Gasteiger partial charge in [0.1, 0.15) is 0 Å². The number of ether oxygens (including phenoxy) is 1. The zero-order chi connectivity index (χ0) is 17.6. The Balaban J connectivity index is 0.00000232. The van der Waals surface area contributed by atoms with Gasteiger partial charge in [0.25, 0.3) is 0 Å². The van der Waals surface area contributed by atoms with Gasteiger partial charge in [-0.2, -0.15) is 10.6 Å². The zero-order valence-corrected chi connectivity index (χ0v) is 15.5. The van der Waals surface area contributed by atoms with Gasteiger partial charge in [0.15, 0.2) is 0 Å². The lowest BCUT2D eigenvalue weighted by molar-refractivity contribution is 0.0373. The molecule has 0 aromatic carbocycles. The fourth-order valence-electron chi connectivity index (χ4n) is 1.68. The van der Waals surface area contributed by atoms with Crippen LogP contribution in [0.15, 0.2) is 24.5 Å². The first kappa shape index (κ1) is 22.3. The zero-order valence-electron chi connectivity index (χ0n) is 14.7. The fourth-order valence-corrected chi connectivity index (χ4v) is 2.50. The van der Waals surface area contributed by atoms with Crippen molar-refractivity contribution >= 4 is 10.6 Å². The highest BCUT2D eigenvalue weighted by atomic mass is 32.3. The summed E-state index contributed by atoms with van der Waals surface area (Å²) in [7, 11) is -0.418. The lowest BCUT2D eigenvalue weighted by Gasteiger charge is -2.31. The molecule has 6 nitrogen and oxygen atoms in total. The second kappa shape index (κ2) is 13.7. The third kappa shape index (κ3) is 12.4. The Morgan fingerprint density at radius 1 is 1.39 bits per heavy atom. The fraction of sp³-hybridized carbons (Fsp3) is 0.688. The molecule has 0 saturated carbocycles. The maximum absolute atomic E-state index is 9.76. The van der Waals surface area contributed by atoms with Crippen molar-refractivity contribution in [2.45, 2.75) is 32.9 Å². The van der Waals surface area contributed by atoms with Crippen molar-refractivity contribution in [2.24, 2.45) is 0 Å². The molecule has 0 amide bonds. The summed E-state index contributed by atoms with van der Waals surface area (Å²) in [4.78, 5) is 4.02. The molecule has 0 aliphatic rings. The third-order valence-corrected chi connectivity index (χ3v) is 4.68. The molecule has 3 N–H and O–H groups in total. The number of aliphatic hydroxyl groups excluding tert-OH is 1. The number of aliphatic hydroxyl groups is 1. The smallest absolute Gasteiger partial charge is 0.0897 e. The molecule has 0 bridgehead atoms. The van der Waals surface area contributed by atoms with E-state index in [1.807, 2.05) is 26.0 Å². The number of hydrogen-bond donors (Lipinski definition) is 3. The SMILES string of the molecule is CC.COS(C)(O)CCCOCC(O)CNCc1cccnc1. The topological polar surface area (TPSA) is 83.8 Å². The number of nitrogens with zero attached hydrogens (tertiary/aromatic N) is 1. The van der Waals surface area contributed by atoms with E-state index in [1.54, 1.807) is 18.6 Å². The van der Waals surface area contributed by atoms with Gasteiger partial charge in [-0.1, -0.05) is 19.9 Å². The van der Waals surface area contributed by atoms with Crippen LogP contribution in [0.25, 0.3) is 0 Å². The summed E-state index contributed by atoms with van der Waals surface area (Å²) in [6, 6.07) is 3.86. The van der Waals surface area contributed by atoms with Crippen LogP contribution >= 0.6 is 10.6 Å². The van der Waals surface area contributed by atoms with Crippen molar-refractivity contribution in [1.82, 2.24) is 10.3 Å². The average molecular weight is 349 g/mol. The maximum Gasteiger partial charge on any atom is 0.0897 e. The normalized spacial score (nSPS) is 15.9. The standard InChI is InChI=1S/C14H26N2O4S.C2H6/c1-19-21(2,18)8-4-7-20-12-14(17)11-16-10-13-5-3-6-15-9-13;1-2/h3,5-6,9,14,16-18H,4,7-8,10-12H2,1-2H3;1-2H3. The van der Waals surface area contributed by atoms with Gasteiger partial charge in [-0.25, -0.2) is 0 Å². The van der Waals surface area contributed by atoms with Gasteiger partial charge < -0.3 is 15.2 Å². The van der Waals surface area contributed by atoms with Crippen LogP contribution in [-0.2, 0) is 15.5 Å². The second-order valence-electron chi connectivity index (χ2n) is 4.90. The van der Waals surface area contributed by atoms with Crippen LogP contribution in [0, 0.1) is 0 Å². The van der Waals surface area contributed by atoms with Crippen LogP contribution in [0.2, 0.25) is 0 Å². The quantitative estimate of drug-likeness (QED) is 0.533. The molecule has 1 aromatic heterocycles. The molecule has 2 unspecified atom stereocenters. The van der Waals surface area contributed by atoms with Crippen LogP contribution in [0.1, 0.15) is 25.8 Å². The maximum atomic E-state index is 9.76. The van der Waals surface area contributed by atoms with E-state index in [-0.39, 0.29) is 6.61 Å². The predicted molar refractivity (Wildman–Crippen MR) is 96.8 cm³/mol. The van der Waals surface area contributed by atoms with E-state index in [0.717, 1.165) is 5.56 Å². The minimum atomic E-state index is -1.93. The lowest BCUT2D eigenvalue weighted by atomic mass is 10.3. The Morgan fingerprint density at radius 2 is 2.13 bits per heavy atom. The molecule has 1 heterocycles. The van der Waals surface area contributed by atoms with Gasteiger partial charge in [-0.05, 0) is 18.1 Å². The van der Waals surface area contributed by atoms with E-state index in [0.29, 0.717) is 31.9 Å². The summed E-state index contributed by atoms with van der Waals surface area (Å²) in [5.41, 5.74) is 1.08. The van der Waals surface area contributed by atoms with Crippen LogP contribution in [0.4, 0.5) is 0 Å². The Kier molecular flexibility index (Phi) is 13.3. The van der Waals surface area contributed by atoms with E-state index in [2.05, 4.69) is 10.3 Å². The Labute approximate surface area is 142 Å². The monoisotopic (exact) mass is 348 g/mol. The highest BCUT2D eigenvalue weighted by molar-refractivity contribution is 8.24. The lowest BCUT2D eigenvalue weighted by Crippen LogP contribution is -2.30. The van der Waals surface area contributed by atoms with Crippen molar-refractivity contribution in [3.63, 3.8) is 0 Å². The van der Waals surface area contributed by atoms with Crippen LogP contribution in [0.3, 0.4) is 0 Å². The summed E-state index contributed by atoms with van der Waals surface area (Å²) in [5, 5.41) is 12.9. The van der Waals surface area contributed by atoms with E-state index < -0.39 is 16.7 Å². The summed E-state index contributed by atoms with van der Waals surface area (Å²) < 4.78 is 20.1. The second-order valence-corrected chi connectivity index (χ2v) is 7.57. The van der Waals surface area contributed by atoms with Gasteiger partial charge >= 0.3 is 0 Å². The van der Waals surface area contributed by atoms with Crippen LogP contribution in [0.5, 0.6) is 0 Å². The van der Waals surface area contributed by atoms with Crippen LogP contribution in [-0.4, -0.2) is 59.6 Å². The van der Waals surface area contributed by atoms with Crippen molar-refractivity contribution in [3.05, 3.63) is 30.1 Å². The van der Waals surface area contributed by atoms with Crippen LogP contribution < -0.4 is 5.32 Å². The molecule has 1 rings (SSSR count). The first-order chi connectivity index (χ1) is 11.0. The average Bonchev–Trinajstić information content (AvgIpc) is 2.57. The van der Waals surface area contributed by atoms with Gasteiger partial charge in [0.05, 0.1) is 19.8 Å². The molecule has 0 fully saturated rings. The van der Waals surface area contributed by atoms with Gasteiger partial charge in [-0.3, -0.25) is 13.7 Å². The minimum Gasteiger partial charge on any atom is -0.389 e. The number of hydrogen-bond acceptors (Lipinski definition) is 6. The highest BCUT2D eigenvalue weighted by Gasteiger charge is 2.08. The molecule has 0 aliphatic carbocycles. The molecule has 0 aliphatic heterocycles. The first-order valence-corrected chi connectivity index (χ1v) is 10.0. The molecule has 0 spiro atoms. The van der Waals surface area contributed by atoms with E-state index in [9.17, 15) is 9.66 Å². The first-order valence-electron chi connectivity index (χ1n) is 7.93. The van der Waals surface area contributed by atoms with Gasteiger partial charge in [0, 0.05) is 44.1 Å². The highest BCUT2D eigenvalue weighted by Crippen LogP contribution is 2.39. The van der Waals surface area contributed by atoms with E-state index in [4.69, 9.17) is 8.92 Å².